The van der Waals surface area contributed by atoms with Gasteiger partial charge >= 0.3 is 5.97 Å². The normalized spacial score (nSPS) is 21.6. The number of piperidine rings is 1. The zero-order valence-electron chi connectivity index (χ0n) is 10.5. The maximum atomic E-state index is 11.0. The predicted molar refractivity (Wildman–Crippen MR) is 66.1 cm³/mol. The fraction of sp³-hybridized carbons (Fsp3) is 0.615. The van der Waals surface area contributed by atoms with Crippen LogP contribution in [0.25, 0.3) is 0 Å². The maximum absolute atomic E-state index is 11.0. The highest BCUT2D eigenvalue weighted by atomic mass is 16.4. The summed E-state index contributed by atoms with van der Waals surface area (Å²) in [7, 11) is 1.83. The first-order valence-electron chi connectivity index (χ1n) is 6.21. The third kappa shape index (κ3) is 2.52. The van der Waals surface area contributed by atoms with Gasteiger partial charge in [-0.1, -0.05) is 6.42 Å². The number of aromatic carboxylic acids is 1. The Balaban J connectivity index is 2.10. The van der Waals surface area contributed by atoms with Gasteiger partial charge in [0.2, 0.25) is 0 Å². The average Bonchev–Trinajstić information content (AvgIpc) is 2.64. The van der Waals surface area contributed by atoms with Crippen LogP contribution in [0, 0.1) is 0 Å². The summed E-state index contributed by atoms with van der Waals surface area (Å²) >= 11 is 0. The summed E-state index contributed by atoms with van der Waals surface area (Å²) in [6.07, 6.45) is 3.81. The van der Waals surface area contributed by atoms with Gasteiger partial charge in [-0.3, -0.25) is 4.90 Å². The van der Waals surface area contributed by atoms with Gasteiger partial charge in [0.15, 0.2) is 0 Å². The number of carboxylic acid groups (broad SMARTS) is 1. The number of likely N-dealkylation sites (tertiary alicyclic amines) is 1. The molecule has 94 valence electrons. The maximum Gasteiger partial charge on any atom is 0.352 e. The van der Waals surface area contributed by atoms with Crippen LogP contribution in [-0.2, 0) is 13.6 Å². The molecule has 0 amide bonds. The van der Waals surface area contributed by atoms with Crippen LogP contribution in [0.15, 0.2) is 12.1 Å². The minimum Gasteiger partial charge on any atom is -0.477 e. The van der Waals surface area contributed by atoms with E-state index in [0.29, 0.717) is 11.7 Å². The van der Waals surface area contributed by atoms with E-state index in [-0.39, 0.29) is 0 Å². The lowest BCUT2D eigenvalue weighted by atomic mass is 10.0. The van der Waals surface area contributed by atoms with Crippen molar-refractivity contribution in [3.63, 3.8) is 0 Å². The Bertz CT molecular complexity index is 412. The van der Waals surface area contributed by atoms with Crippen molar-refractivity contribution in [3.8, 4) is 0 Å². The summed E-state index contributed by atoms with van der Waals surface area (Å²) in [5.74, 6) is -0.856. The first-order valence-corrected chi connectivity index (χ1v) is 6.21. The molecule has 2 rings (SSSR count). The molecule has 1 saturated heterocycles. The fourth-order valence-electron chi connectivity index (χ4n) is 2.53. The van der Waals surface area contributed by atoms with Gasteiger partial charge in [0.25, 0.3) is 0 Å². The number of hydrogen-bond donors (Lipinski definition) is 1. The first kappa shape index (κ1) is 12.2. The smallest absolute Gasteiger partial charge is 0.352 e. The van der Waals surface area contributed by atoms with Crippen LogP contribution >= 0.6 is 0 Å². The lowest BCUT2D eigenvalue weighted by Gasteiger charge is -2.33. The number of carboxylic acids is 1. The van der Waals surface area contributed by atoms with E-state index >= 15 is 0 Å². The molecule has 0 radical (unpaired) electrons. The van der Waals surface area contributed by atoms with Crippen molar-refractivity contribution < 1.29 is 9.90 Å². The standard InChI is InChI=1S/C13H20N2O2/c1-10-5-3-4-8-15(10)9-11-6-7-12(13(16)17)14(11)2/h6-7,10H,3-5,8-9H2,1-2H3,(H,16,17). The number of rotatable bonds is 3. The molecule has 1 fully saturated rings. The molecule has 1 N–H and O–H groups in total. The second-order valence-electron chi connectivity index (χ2n) is 4.89. The van der Waals surface area contributed by atoms with Crippen molar-refractivity contribution in [3.05, 3.63) is 23.5 Å². The summed E-state index contributed by atoms with van der Waals surface area (Å²) in [6.45, 7) is 4.22. The molecular formula is C13H20N2O2. The second-order valence-corrected chi connectivity index (χ2v) is 4.89. The van der Waals surface area contributed by atoms with Crippen LogP contribution in [0.4, 0.5) is 0 Å². The molecule has 1 atom stereocenters. The summed E-state index contributed by atoms with van der Waals surface area (Å²) < 4.78 is 1.78. The molecule has 1 aromatic rings. The predicted octanol–water partition coefficient (Wildman–Crippen LogP) is 2.10. The molecule has 0 bridgehead atoms. The molecule has 0 aliphatic carbocycles. The van der Waals surface area contributed by atoms with Crippen LogP contribution in [0.2, 0.25) is 0 Å². The topological polar surface area (TPSA) is 45.5 Å². The summed E-state index contributed by atoms with van der Waals surface area (Å²) in [6, 6.07) is 4.21. The van der Waals surface area contributed by atoms with Gasteiger partial charge in [-0.2, -0.15) is 0 Å². The Morgan fingerprint density at radius 2 is 2.24 bits per heavy atom. The van der Waals surface area contributed by atoms with Gasteiger partial charge < -0.3 is 9.67 Å². The van der Waals surface area contributed by atoms with Gasteiger partial charge in [0.05, 0.1) is 0 Å². The van der Waals surface area contributed by atoms with E-state index in [1.165, 1.54) is 19.3 Å². The van der Waals surface area contributed by atoms with Crippen LogP contribution in [0.3, 0.4) is 0 Å². The molecule has 1 aliphatic rings. The zero-order valence-corrected chi connectivity index (χ0v) is 10.5. The van der Waals surface area contributed by atoms with Gasteiger partial charge in [-0.25, -0.2) is 4.79 Å². The van der Waals surface area contributed by atoms with Crippen molar-refractivity contribution in [2.45, 2.75) is 38.8 Å². The molecule has 0 saturated carbocycles. The third-order valence-electron chi connectivity index (χ3n) is 3.75. The number of hydrogen-bond acceptors (Lipinski definition) is 2. The van der Waals surface area contributed by atoms with Crippen LogP contribution in [-0.4, -0.2) is 33.1 Å². The Hall–Kier alpha value is -1.29. The highest BCUT2D eigenvalue weighted by Crippen LogP contribution is 2.19. The number of aromatic nitrogens is 1. The van der Waals surface area contributed by atoms with Crippen LogP contribution < -0.4 is 0 Å². The lowest BCUT2D eigenvalue weighted by Crippen LogP contribution is -2.37. The molecule has 1 aliphatic heterocycles. The van der Waals surface area contributed by atoms with E-state index in [9.17, 15) is 4.79 Å². The molecule has 4 nitrogen and oxygen atoms in total. The number of nitrogens with zero attached hydrogens (tertiary/aromatic N) is 2. The van der Waals surface area contributed by atoms with Gasteiger partial charge in [0.1, 0.15) is 5.69 Å². The second kappa shape index (κ2) is 4.92. The Morgan fingerprint density at radius 3 is 2.82 bits per heavy atom. The largest absolute Gasteiger partial charge is 0.477 e. The molecule has 0 aromatic carbocycles. The van der Waals surface area contributed by atoms with E-state index in [4.69, 9.17) is 5.11 Å². The van der Waals surface area contributed by atoms with Gasteiger partial charge in [-0.05, 0) is 38.4 Å². The highest BCUT2D eigenvalue weighted by molar-refractivity contribution is 5.86. The van der Waals surface area contributed by atoms with E-state index < -0.39 is 5.97 Å². The third-order valence-corrected chi connectivity index (χ3v) is 3.75. The zero-order chi connectivity index (χ0) is 12.4. The molecule has 2 heterocycles. The van der Waals surface area contributed by atoms with Gasteiger partial charge in [-0.15, -0.1) is 0 Å². The molecule has 4 heteroatoms. The molecular weight excluding hydrogens is 216 g/mol. The fourth-order valence-corrected chi connectivity index (χ4v) is 2.53. The molecule has 1 unspecified atom stereocenters. The SMILES string of the molecule is CC1CCCCN1Cc1ccc(C(=O)O)n1C. The number of carbonyl (C=O) groups is 1. The van der Waals surface area contributed by atoms with Crippen molar-refractivity contribution in [1.29, 1.82) is 0 Å². The quantitative estimate of drug-likeness (QED) is 0.874. The minimum absolute atomic E-state index is 0.365. The van der Waals surface area contributed by atoms with Gasteiger partial charge in [0, 0.05) is 25.3 Å². The van der Waals surface area contributed by atoms with Crippen LogP contribution in [0.5, 0.6) is 0 Å². The molecule has 1 aromatic heterocycles. The van der Waals surface area contributed by atoms with E-state index in [2.05, 4.69) is 11.8 Å². The van der Waals surface area contributed by atoms with Crippen molar-refractivity contribution in [1.82, 2.24) is 9.47 Å². The Kier molecular flexibility index (Phi) is 3.52. The van der Waals surface area contributed by atoms with E-state index in [1.807, 2.05) is 13.1 Å². The summed E-state index contributed by atoms with van der Waals surface area (Å²) in [5, 5.41) is 9.00. The van der Waals surface area contributed by atoms with E-state index in [1.54, 1.807) is 10.6 Å². The van der Waals surface area contributed by atoms with E-state index in [0.717, 1.165) is 18.8 Å². The minimum atomic E-state index is -0.856. The lowest BCUT2D eigenvalue weighted by molar-refractivity contribution is 0.0685. The van der Waals surface area contributed by atoms with Crippen LogP contribution in [0.1, 0.15) is 42.4 Å². The van der Waals surface area contributed by atoms with Crippen molar-refractivity contribution in [2.24, 2.45) is 7.05 Å². The van der Waals surface area contributed by atoms with Crippen molar-refractivity contribution in [2.75, 3.05) is 6.54 Å². The first-order chi connectivity index (χ1) is 8.09. The summed E-state index contributed by atoms with van der Waals surface area (Å²) in [5.41, 5.74) is 1.45. The molecule has 0 spiro atoms. The average molecular weight is 236 g/mol. The van der Waals surface area contributed by atoms with Crippen molar-refractivity contribution >= 4 is 5.97 Å². The Labute approximate surface area is 102 Å². The molecule has 17 heavy (non-hydrogen) atoms. The Morgan fingerprint density at radius 1 is 1.47 bits per heavy atom. The summed E-state index contributed by atoms with van der Waals surface area (Å²) in [4.78, 5) is 13.4. The monoisotopic (exact) mass is 236 g/mol. The highest BCUT2D eigenvalue weighted by Gasteiger charge is 2.20.